The number of carbonyl (C=O) groups excluding carboxylic acids is 1. The van der Waals surface area contributed by atoms with E-state index in [9.17, 15) is 4.79 Å². The molecular weight excluding hydrogens is 394 g/mol. The van der Waals surface area contributed by atoms with Crippen molar-refractivity contribution < 1.29 is 13.9 Å². The van der Waals surface area contributed by atoms with Gasteiger partial charge in [0.25, 0.3) is 5.78 Å². The van der Waals surface area contributed by atoms with Crippen LogP contribution in [0.15, 0.2) is 15.6 Å². The first-order valence-electron chi connectivity index (χ1n) is 8.93. The van der Waals surface area contributed by atoms with Crippen LogP contribution in [0.5, 0.6) is 0 Å². The van der Waals surface area contributed by atoms with Gasteiger partial charge in [-0.3, -0.25) is 0 Å². The van der Waals surface area contributed by atoms with Gasteiger partial charge in [-0.1, -0.05) is 11.8 Å². The summed E-state index contributed by atoms with van der Waals surface area (Å²) in [5.74, 6) is 1.42. The number of aromatic nitrogens is 6. The summed E-state index contributed by atoms with van der Waals surface area (Å²) in [7, 11) is 0. The van der Waals surface area contributed by atoms with E-state index in [-0.39, 0.29) is 23.7 Å². The highest BCUT2D eigenvalue weighted by Crippen LogP contribution is 2.30. The Hall–Kier alpha value is -3.21. The summed E-state index contributed by atoms with van der Waals surface area (Å²) in [4.78, 5) is 29.7. The zero-order valence-corrected chi connectivity index (χ0v) is 17.2. The average Bonchev–Trinajstić information content (AvgIpc) is 3.20. The van der Waals surface area contributed by atoms with Crippen molar-refractivity contribution in [3.05, 3.63) is 34.6 Å². The fourth-order valence-electron chi connectivity index (χ4n) is 3.04. The van der Waals surface area contributed by atoms with E-state index < -0.39 is 5.97 Å². The van der Waals surface area contributed by atoms with Gasteiger partial charge in [-0.25, -0.2) is 19.3 Å². The number of carbonyl (C=O) groups is 1. The molecule has 0 aliphatic heterocycles. The molecule has 0 aliphatic rings. The van der Waals surface area contributed by atoms with Crippen molar-refractivity contribution in [2.24, 2.45) is 0 Å². The molecule has 0 spiro atoms. The van der Waals surface area contributed by atoms with Crippen LogP contribution >= 0.6 is 11.8 Å². The SMILES string of the molecule is CCOC(=O)c1c(C)oc2nc(CSc3nc4nc(C)cc(C)n4n3)nc(N)c12. The number of furan rings is 1. The van der Waals surface area contributed by atoms with Crippen molar-refractivity contribution in [3.63, 3.8) is 0 Å². The summed E-state index contributed by atoms with van der Waals surface area (Å²) in [5.41, 5.74) is 8.45. The zero-order chi connectivity index (χ0) is 20.7. The van der Waals surface area contributed by atoms with Crippen molar-refractivity contribution in [1.82, 2.24) is 29.5 Å². The van der Waals surface area contributed by atoms with Crippen LogP contribution < -0.4 is 5.73 Å². The quantitative estimate of drug-likeness (QED) is 0.384. The molecule has 2 N–H and O–H groups in total. The van der Waals surface area contributed by atoms with E-state index in [0.29, 0.717) is 33.7 Å². The molecule has 29 heavy (non-hydrogen) atoms. The highest BCUT2D eigenvalue weighted by atomic mass is 32.2. The van der Waals surface area contributed by atoms with Gasteiger partial charge in [0.1, 0.15) is 23.0 Å². The number of aryl methyl sites for hydroxylation is 3. The van der Waals surface area contributed by atoms with E-state index in [4.69, 9.17) is 14.9 Å². The Morgan fingerprint density at radius 2 is 2.03 bits per heavy atom. The minimum Gasteiger partial charge on any atom is -0.462 e. The van der Waals surface area contributed by atoms with Gasteiger partial charge >= 0.3 is 5.97 Å². The molecular formula is C18H19N7O3S. The van der Waals surface area contributed by atoms with Crippen molar-refractivity contribution in [1.29, 1.82) is 0 Å². The highest BCUT2D eigenvalue weighted by molar-refractivity contribution is 7.98. The molecule has 0 amide bonds. The summed E-state index contributed by atoms with van der Waals surface area (Å²) >= 11 is 1.36. The van der Waals surface area contributed by atoms with Gasteiger partial charge in [0.2, 0.25) is 10.9 Å². The molecule has 0 saturated heterocycles. The number of hydrogen-bond acceptors (Lipinski definition) is 10. The molecule has 4 aromatic heterocycles. The van der Waals surface area contributed by atoms with Crippen molar-refractivity contribution in [3.8, 4) is 0 Å². The van der Waals surface area contributed by atoms with Crippen LogP contribution in [-0.4, -0.2) is 42.1 Å². The fraction of sp³-hybridized carbons (Fsp3) is 0.333. The molecule has 0 aliphatic carbocycles. The van der Waals surface area contributed by atoms with Crippen LogP contribution in [-0.2, 0) is 10.5 Å². The third-order valence-electron chi connectivity index (χ3n) is 4.21. The predicted octanol–water partition coefficient (Wildman–Crippen LogP) is 2.64. The van der Waals surface area contributed by atoms with Gasteiger partial charge < -0.3 is 14.9 Å². The maximum atomic E-state index is 12.2. The smallest absolute Gasteiger partial charge is 0.342 e. The summed E-state index contributed by atoms with van der Waals surface area (Å²) in [6, 6.07) is 1.94. The Bertz CT molecular complexity index is 1250. The second kappa shape index (κ2) is 7.32. The van der Waals surface area contributed by atoms with E-state index in [0.717, 1.165) is 11.4 Å². The minimum absolute atomic E-state index is 0.168. The number of ether oxygens (including phenoxy) is 1. The van der Waals surface area contributed by atoms with Gasteiger partial charge in [0, 0.05) is 11.4 Å². The molecule has 4 aromatic rings. The molecule has 4 rings (SSSR count). The molecule has 0 fully saturated rings. The lowest BCUT2D eigenvalue weighted by molar-refractivity contribution is 0.0526. The molecule has 0 aromatic carbocycles. The van der Waals surface area contributed by atoms with Crippen LogP contribution in [0.25, 0.3) is 16.9 Å². The Labute approximate surface area is 169 Å². The van der Waals surface area contributed by atoms with Crippen LogP contribution in [0.1, 0.15) is 40.3 Å². The number of thioether (sulfide) groups is 1. The number of esters is 1. The normalized spacial score (nSPS) is 11.4. The van der Waals surface area contributed by atoms with Crippen molar-refractivity contribution in [2.45, 2.75) is 38.6 Å². The lowest BCUT2D eigenvalue weighted by Gasteiger charge is -2.03. The maximum Gasteiger partial charge on any atom is 0.342 e. The van der Waals surface area contributed by atoms with E-state index in [2.05, 4.69) is 25.0 Å². The lowest BCUT2D eigenvalue weighted by Crippen LogP contribution is -2.07. The van der Waals surface area contributed by atoms with E-state index in [1.165, 1.54) is 11.8 Å². The molecule has 4 heterocycles. The molecule has 150 valence electrons. The van der Waals surface area contributed by atoms with Gasteiger partial charge in [0.05, 0.1) is 17.7 Å². The van der Waals surface area contributed by atoms with Gasteiger partial charge in [-0.05, 0) is 33.8 Å². The topological polar surface area (TPSA) is 134 Å². The molecule has 0 saturated carbocycles. The Balaban J connectivity index is 1.62. The standard InChI is InChI=1S/C18H19N7O3S/c1-5-27-16(26)12-10(4)28-15-13(12)14(19)21-11(22-15)7-29-18-23-17-20-8(2)6-9(3)25(17)24-18/h6H,5,7H2,1-4H3,(H2,19,21,22). The summed E-state index contributed by atoms with van der Waals surface area (Å²) < 4.78 is 12.4. The van der Waals surface area contributed by atoms with Gasteiger partial charge in [-0.2, -0.15) is 9.97 Å². The third-order valence-corrected chi connectivity index (χ3v) is 5.04. The molecule has 0 atom stereocenters. The summed E-state index contributed by atoms with van der Waals surface area (Å²) in [6.07, 6.45) is 0. The monoisotopic (exact) mass is 413 g/mol. The van der Waals surface area contributed by atoms with E-state index >= 15 is 0 Å². The van der Waals surface area contributed by atoms with Gasteiger partial charge in [-0.15, -0.1) is 5.10 Å². The summed E-state index contributed by atoms with van der Waals surface area (Å²) in [5, 5.41) is 5.37. The van der Waals surface area contributed by atoms with Crippen LogP contribution in [0.2, 0.25) is 0 Å². The number of nitrogens with two attached hydrogens (primary N) is 1. The van der Waals surface area contributed by atoms with Crippen LogP contribution in [0.4, 0.5) is 5.82 Å². The first kappa shape index (κ1) is 19.1. The van der Waals surface area contributed by atoms with E-state index in [1.54, 1.807) is 18.4 Å². The molecule has 11 heteroatoms. The molecule has 0 bridgehead atoms. The van der Waals surface area contributed by atoms with Crippen LogP contribution in [0, 0.1) is 20.8 Å². The largest absolute Gasteiger partial charge is 0.462 e. The Kier molecular flexibility index (Phi) is 4.82. The third kappa shape index (κ3) is 3.48. The number of nitrogen functional groups attached to an aromatic ring is 1. The number of rotatable bonds is 5. The maximum absolute atomic E-state index is 12.2. The first-order chi connectivity index (χ1) is 13.9. The second-order valence-corrected chi connectivity index (χ2v) is 7.34. The van der Waals surface area contributed by atoms with Crippen molar-refractivity contribution in [2.75, 3.05) is 12.3 Å². The Morgan fingerprint density at radius 1 is 1.24 bits per heavy atom. The lowest BCUT2D eigenvalue weighted by atomic mass is 10.2. The number of nitrogens with zero attached hydrogens (tertiary/aromatic N) is 6. The number of hydrogen-bond donors (Lipinski definition) is 1. The van der Waals surface area contributed by atoms with E-state index in [1.807, 2.05) is 19.9 Å². The summed E-state index contributed by atoms with van der Waals surface area (Å²) in [6.45, 7) is 7.51. The number of fused-ring (bicyclic) bond motifs is 2. The number of anilines is 1. The molecule has 0 unspecified atom stereocenters. The fourth-order valence-corrected chi connectivity index (χ4v) is 3.71. The van der Waals surface area contributed by atoms with Gasteiger partial charge in [0.15, 0.2) is 0 Å². The second-order valence-electron chi connectivity index (χ2n) is 6.39. The van der Waals surface area contributed by atoms with Crippen molar-refractivity contribution >= 4 is 40.4 Å². The zero-order valence-electron chi connectivity index (χ0n) is 16.4. The highest BCUT2D eigenvalue weighted by Gasteiger charge is 2.24. The van der Waals surface area contributed by atoms with Crippen LogP contribution in [0.3, 0.4) is 0 Å². The predicted molar refractivity (Wildman–Crippen MR) is 107 cm³/mol. The average molecular weight is 413 g/mol. The minimum atomic E-state index is -0.506. The first-order valence-corrected chi connectivity index (χ1v) is 9.92. The molecule has 10 nitrogen and oxygen atoms in total. The Morgan fingerprint density at radius 3 is 2.79 bits per heavy atom. The molecule has 0 radical (unpaired) electrons.